The van der Waals surface area contributed by atoms with Crippen molar-refractivity contribution in [2.45, 2.75) is 95.8 Å². The molecular weight excluding hydrogens is 443 g/mol. The van der Waals surface area contributed by atoms with Crippen molar-refractivity contribution in [3.05, 3.63) is 63.5 Å². The Labute approximate surface area is 198 Å². The summed E-state index contributed by atoms with van der Waals surface area (Å²) in [6.45, 7) is 7.91. The molecule has 0 amide bonds. The Kier molecular flexibility index (Phi) is 5.43. The summed E-state index contributed by atoms with van der Waals surface area (Å²) in [6, 6.07) is 5.17. The lowest BCUT2D eigenvalue weighted by Crippen LogP contribution is -2.35. The van der Waals surface area contributed by atoms with E-state index in [1.165, 1.54) is 12.1 Å². The maximum atomic E-state index is 13.2. The number of hydrogen-bond donors (Lipinski definition) is 2. The van der Waals surface area contributed by atoms with Crippen LogP contribution in [0.5, 0.6) is 0 Å². The standard InChI is InChI=1S/C27H32F3NO3/c1-14(2)21-19-20(18-17(32)13-25(3,4)24(33)22(18)31-21)26(11-5-6-12-26)34-23(19)15-7-9-16(10-8-15)27(28,29)30/h7-10,14,17,23-24,32-33H,5-6,11-13H2,1-4H3/t17?,23-,24?/m1/s1. The van der Waals surface area contributed by atoms with Gasteiger partial charge < -0.3 is 14.9 Å². The van der Waals surface area contributed by atoms with Gasteiger partial charge in [-0.05, 0) is 53.9 Å². The Morgan fingerprint density at radius 2 is 1.65 bits per heavy atom. The number of aliphatic hydroxyl groups excluding tert-OH is 2. The third kappa shape index (κ3) is 3.50. The number of aromatic nitrogens is 1. The van der Waals surface area contributed by atoms with E-state index in [9.17, 15) is 23.4 Å². The minimum Gasteiger partial charge on any atom is -0.388 e. The Balaban J connectivity index is 1.76. The third-order valence-corrected chi connectivity index (χ3v) is 7.94. The molecule has 1 aromatic heterocycles. The SMILES string of the molecule is CC(C)c1nc2c(c3c1[C@@H](c1ccc(C(F)(F)F)cc1)OC31CCCC1)C(O)CC(C)(C)C2O. The van der Waals surface area contributed by atoms with E-state index in [0.29, 0.717) is 23.2 Å². The molecule has 0 radical (unpaired) electrons. The summed E-state index contributed by atoms with van der Waals surface area (Å²) < 4.78 is 46.3. The smallest absolute Gasteiger partial charge is 0.388 e. The number of halogens is 3. The zero-order valence-corrected chi connectivity index (χ0v) is 20.0. The van der Waals surface area contributed by atoms with Gasteiger partial charge in [0.1, 0.15) is 12.2 Å². The summed E-state index contributed by atoms with van der Waals surface area (Å²) in [7, 11) is 0. The van der Waals surface area contributed by atoms with E-state index in [-0.39, 0.29) is 5.92 Å². The van der Waals surface area contributed by atoms with Crippen LogP contribution < -0.4 is 0 Å². The van der Waals surface area contributed by atoms with Crippen LogP contribution >= 0.6 is 0 Å². The number of rotatable bonds is 2. The molecule has 7 heteroatoms. The van der Waals surface area contributed by atoms with E-state index in [1.54, 1.807) is 0 Å². The molecule has 0 bridgehead atoms. The number of hydrogen-bond acceptors (Lipinski definition) is 4. The van der Waals surface area contributed by atoms with E-state index < -0.39 is 41.1 Å². The van der Waals surface area contributed by atoms with Crippen LogP contribution in [0.1, 0.15) is 123 Å². The zero-order valence-electron chi connectivity index (χ0n) is 20.0. The number of pyridine rings is 1. The predicted octanol–water partition coefficient (Wildman–Crippen LogP) is 6.61. The Morgan fingerprint density at radius 3 is 2.21 bits per heavy atom. The fourth-order valence-electron chi connectivity index (χ4n) is 6.21. The van der Waals surface area contributed by atoms with Gasteiger partial charge in [-0.15, -0.1) is 0 Å². The van der Waals surface area contributed by atoms with Gasteiger partial charge in [0.05, 0.1) is 23.0 Å². The van der Waals surface area contributed by atoms with Gasteiger partial charge in [-0.3, -0.25) is 4.98 Å². The summed E-state index contributed by atoms with van der Waals surface area (Å²) in [5, 5.41) is 22.5. The molecule has 34 heavy (non-hydrogen) atoms. The monoisotopic (exact) mass is 475 g/mol. The first-order valence-electron chi connectivity index (χ1n) is 12.1. The largest absolute Gasteiger partial charge is 0.416 e. The molecule has 184 valence electrons. The molecule has 2 N–H and O–H groups in total. The van der Waals surface area contributed by atoms with Crippen LogP contribution in [0.15, 0.2) is 24.3 Å². The molecule has 1 spiro atoms. The van der Waals surface area contributed by atoms with Crippen molar-refractivity contribution in [3.8, 4) is 0 Å². The van der Waals surface area contributed by atoms with E-state index in [1.807, 2.05) is 27.7 Å². The second-order valence-corrected chi connectivity index (χ2v) is 11.2. The van der Waals surface area contributed by atoms with Crippen molar-refractivity contribution in [2.75, 3.05) is 0 Å². The van der Waals surface area contributed by atoms with Crippen molar-refractivity contribution in [1.82, 2.24) is 4.98 Å². The highest BCUT2D eigenvalue weighted by atomic mass is 19.4. The maximum Gasteiger partial charge on any atom is 0.416 e. The summed E-state index contributed by atoms with van der Waals surface area (Å²) >= 11 is 0. The average molecular weight is 476 g/mol. The number of ether oxygens (including phenoxy) is 1. The number of fused-ring (bicyclic) bond motifs is 4. The summed E-state index contributed by atoms with van der Waals surface area (Å²) in [5.41, 5.74) is 2.56. The quantitative estimate of drug-likeness (QED) is 0.513. The van der Waals surface area contributed by atoms with Crippen LogP contribution in [0.2, 0.25) is 0 Å². The van der Waals surface area contributed by atoms with Gasteiger partial charge in [-0.25, -0.2) is 0 Å². The molecule has 3 aliphatic rings. The Hall–Kier alpha value is -1.96. The molecule has 3 atom stereocenters. The molecular formula is C27H32F3NO3. The van der Waals surface area contributed by atoms with Gasteiger partial charge >= 0.3 is 6.18 Å². The third-order valence-electron chi connectivity index (χ3n) is 7.94. The topological polar surface area (TPSA) is 62.6 Å². The number of alkyl halides is 3. The molecule has 5 rings (SSSR count). The highest BCUT2D eigenvalue weighted by molar-refractivity contribution is 5.55. The van der Waals surface area contributed by atoms with Gasteiger partial charge in [0.15, 0.2) is 0 Å². The van der Waals surface area contributed by atoms with E-state index in [4.69, 9.17) is 9.72 Å². The second kappa shape index (κ2) is 7.77. The molecule has 4 nitrogen and oxygen atoms in total. The maximum absolute atomic E-state index is 13.2. The van der Waals surface area contributed by atoms with Crippen molar-refractivity contribution in [1.29, 1.82) is 0 Å². The lowest BCUT2D eigenvalue weighted by molar-refractivity contribution is -0.137. The van der Waals surface area contributed by atoms with Gasteiger partial charge in [0.2, 0.25) is 0 Å². The fourth-order valence-corrected chi connectivity index (χ4v) is 6.21. The lowest BCUT2D eigenvalue weighted by Gasteiger charge is -2.41. The minimum atomic E-state index is -4.41. The van der Waals surface area contributed by atoms with Crippen LogP contribution in [0.4, 0.5) is 13.2 Å². The molecule has 1 aromatic carbocycles. The summed E-state index contributed by atoms with van der Waals surface area (Å²) in [4.78, 5) is 4.93. The van der Waals surface area contributed by atoms with E-state index in [0.717, 1.165) is 54.6 Å². The van der Waals surface area contributed by atoms with Crippen LogP contribution in [-0.2, 0) is 16.5 Å². The van der Waals surface area contributed by atoms with Crippen molar-refractivity contribution in [2.24, 2.45) is 5.41 Å². The van der Waals surface area contributed by atoms with Crippen LogP contribution in [0.25, 0.3) is 0 Å². The number of benzene rings is 1. The normalized spacial score (nSPS) is 27.3. The Bertz CT molecular complexity index is 1100. The van der Waals surface area contributed by atoms with Gasteiger partial charge in [-0.2, -0.15) is 13.2 Å². The average Bonchev–Trinajstić information content (AvgIpc) is 3.36. The summed E-state index contributed by atoms with van der Waals surface area (Å²) in [5.74, 6) is 0.00512. The van der Waals surface area contributed by atoms with Crippen LogP contribution in [0.3, 0.4) is 0 Å². The molecule has 1 aliphatic heterocycles. The minimum absolute atomic E-state index is 0.00512. The van der Waals surface area contributed by atoms with Crippen molar-refractivity contribution >= 4 is 0 Å². The van der Waals surface area contributed by atoms with Gasteiger partial charge in [0.25, 0.3) is 0 Å². The molecule has 2 unspecified atom stereocenters. The molecule has 1 saturated carbocycles. The molecule has 1 fully saturated rings. The first-order chi connectivity index (χ1) is 15.9. The first-order valence-corrected chi connectivity index (χ1v) is 12.1. The van der Waals surface area contributed by atoms with E-state index >= 15 is 0 Å². The van der Waals surface area contributed by atoms with E-state index in [2.05, 4.69) is 0 Å². The van der Waals surface area contributed by atoms with Gasteiger partial charge in [0, 0.05) is 16.8 Å². The molecule has 0 saturated heterocycles. The van der Waals surface area contributed by atoms with Gasteiger partial charge in [-0.1, -0.05) is 52.7 Å². The highest BCUT2D eigenvalue weighted by Gasteiger charge is 2.54. The molecule has 2 aromatic rings. The first kappa shape index (κ1) is 23.8. The van der Waals surface area contributed by atoms with Crippen molar-refractivity contribution in [3.63, 3.8) is 0 Å². The second-order valence-electron chi connectivity index (χ2n) is 11.2. The lowest BCUT2D eigenvalue weighted by atomic mass is 9.69. The van der Waals surface area contributed by atoms with Crippen molar-refractivity contribution < 1.29 is 28.1 Å². The Morgan fingerprint density at radius 1 is 1.03 bits per heavy atom. The number of aliphatic hydroxyl groups is 2. The predicted molar refractivity (Wildman–Crippen MR) is 121 cm³/mol. The van der Waals surface area contributed by atoms with Crippen LogP contribution in [0, 0.1) is 5.41 Å². The molecule has 2 heterocycles. The highest BCUT2D eigenvalue weighted by Crippen LogP contribution is 2.60. The fraction of sp³-hybridized carbons (Fsp3) is 0.593. The number of nitrogens with zero attached hydrogens (tertiary/aromatic N) is 1. The zero-order chi connectivity index (χ0) is 24.6. The van der Waals surface area contributed by atoms with Crippen LogP contribution in [-0.4, -0.2) is 15.2 Å². The molecule has 2 aliphatic carbocycles. The summed E-state index contributed by atoms with van der Waals surface area (Å²) in [6.07, 6.45) is -2.69.